The summed E-state index contributed by atoms with van der Waals surface area (Å²) in [5.74, 6) is 2.58. The van der Waals surface area contributed by atoms with E-state index in [4.69, 9.17) is 23.4 Å². The monoisotopic (exact) mass is 564 g/mol. The van der Waals surface area contributed by atoms with Crippen molar-refractivity contribution in [1.29, 1.82) is 0 Å². The van der Waals surface area contributed by atoms with Crippen LogP contribution in [0.5, 0.6) is 23.0 Å². The van der Waals surface area contributed by atoms with Gasteiger partial charge in [-0.15, -0.1) is 0 Å². The molecule has 0 saturated heterocycles. The third kappa shape index (κ3) is 6.65. The Bertz CT molecular complexity index is 1270. The van der Waals surface area contributed by atoms with Gasteiger partial charge in [-0.3, -0.25) is 0 Å². The standard InChI is InChI=1S/C33H44O6Si/c1-22(31(34)25-14-16-28-30(18-25)38-21-37-28)23(2)32(39-40(7,8)33(3,4)5)26-15-17-27(29(19-26)35-6)36-20-24-12-10-9-11-13-24/h9-19,22-23,31-32,34H,20-21H2,1-8H3/t22-,23+,31+,32+/m1/s1. The molecule has 1 aliphatic heterocycles. The molecule has 216 valence electrons. The van der Waals surface area contributed by atoms with E-state index in [1.54, 1.807) is 7.11 Å². The molecule has 4 rings (SSSR count). The van der Waals surface area contributed by atoms with Crippen molar-refractivity contribution in [3.8, 4) is 23.0 Å². The zero-order chi connectivity index (χ0) is 29.1. The van der Waals surface area contributed by atoms with E-state index in [1.807, 2.05) is 60.7 Å². The van der Waals surface area contributed by atoms with E-state index in [0.29, 0.717) is 29.6 Å². The number of ether oxygens (including phenoxy) is 4. The van der Waals surface area contributed by atoms with E-state index in [0.717, 1.165) is 16.7 Å². The van der Waals surface area contributed by atoms with Gasteiger partial charge in [0.05, 0.1) is 19.3 Å². The van der Waals surface area contributed by atoms with Gasteiger partial charge in [0.15, 0.2) is 31.3 Å². The van der Waals surface area contributed by atoms with Crippen LogP contribution in [0.4, 0.5) is 0 Å². The molecule has 0 radical (unpaired) electrons. The van der Waals surface area contributed by atoms with Crippen LogP contribution in [-0.4, -0.2) is 27.3 Å². The van der Waals surface area contributed by atoms with E-state index < -0.39 is 14.4 Å². The molecule has 6 nitrogen and oxygen atoms in total. The molecule has 0 fully saturated rings. The topological polar surface area (TPSA) is 66.4 Å². The second-order valence-corrected chi connectivity index (χ2v) is 17.0. The summed E-state index contributed by atoms with van der Waals surface area (Å²) >= 11 is 0. The molecule has 40 heavy (non-hydrogen) atoms. The summed E-state index contributed by atoms with van der Waals surface area (Å²) in [6.45, 7) is 16.2. The Morgan fingerprint density at radius 1 is 0.850 bits per heavy atom. The molecule has 0 aliphatic carbocycles. The van der Waals surface area contributed by atoms with E-state index in [1.165, 1.54) is 0 Å². The summed E-state index contributed by atoms with van der Waals surface area (Å²) in [5.41, 5.74) is 2.90. The van der Waals surface area contributed by atoms with Gasteiger partial charge in [-0.2, -0.15) is 0 Å². The predicted octanol–water partition coefficient (Wildman–Crippen LogP) is 8.07. The molecule has 1 N–H and O–H groups in total. The maximum absolute atomic E-state index is 11.5. The fourth-order valence-electron chi connectivity index (χ4n) is 4.65. The first-order chi connectivity index (χ1) is 18.9. The van der Waals surface area contributed by atoms with Crippen molar-refractivity contribution in [2.24, 2.45) is 11.8 Å². The number of methoxy groups -OCH3 is 1. The highest BCUT2D eigenvalue weighted by Crippen LogP contribution is 2.46. The second kappa shape index (κ2) is 12.2. The highest BCUT2D eigenvalue weighted by Gasteiger charge is 2.42. The number of hydrogen-bond donors (Lipinski definition) is 1. The van der Waals surface area contributed by atoms with Crippen LogP contribution in [0.15, 0.2) is 66.7 Å². The van der Waals surface area contributed by atoms with Crippen LogP contribution in [-0.2, 0) is 11.0 Å². The van der Waals surface area contributed by atoms with E-state index in [-0.39, 0.29) is 29.8 Å². The summed E-state index contributed by atoms with van der Waals surface area (Å²) in [7, 11) is -0.518. The van der Waals surface area contributed by atoms with Gasteiger partial charge < -0.3 is 28.5 Å². The van der Waals surface area contributed by atoms with Crippen LogP contribution in [0.3, 0.4) is 0 Å². The molecule has 4 atom stereocenters. The summed E-state index contributed by atoms with van der Waals surface area (Å²) in [4.78, 5) is 0. The minimum absolute atomic E-state index is 0.0182. The van der Waals surface area contributed by atoms with Crippen molar-refractivity contribution in [2.45, 2.75) is 71.6 Å². The first-order valence-corrected chi connectivity index (χ1v) is 16.9. The Hall–Kier alpha value is -3.00. The van der Waals surface area contributed by atoms with Crippen molar-refractivity contribution >= 4 is 8.32 Å². The van der Waals surface area contributed by atoms with Gasteiger partial charge in [0.25, 0.3) is 0 Å². The zero-order valence-corrected chi connectivity index (χ0v) is 26.1. The number of aliphatic hydroxyl groups is 1. The lowest BCUT2D eigenvalue weighted by molar-refractivity contribution is 0.0265. The molecule has 0 amide bonds. The van der Waals surface area contributed by atoms with E-state index in [2.05, 4.69) is 53.8 Å². The zero-order valence-electron chi connectivity index (χ0n) is 25.1. The third-order valence-electron chi connectivity index (χ3n) is 8.52. The van der Waals surface area contributed by atoms with Crippen molar-refractivity contribution in [1.82, 2.24) is 0 Å². The fraction of sp³-hybridized carbons (Fsp3) is 0.455. The molecule has 3 aromatic rings. The summed E-state index contributed by atoms with van der Waals surface area (Å²) < 4.78 is 30.0. The number of hydrogen-bond acceptors (Lipinski definition) is 6. The first-order valence-electron chi connectivity index (χ1n) is 14.0. The molecule has 0 aromatic heterocycles. The highest BCUT2D eigenvalue weighted by atomic mass is 28.4. The quantitative estimate of drug-likeness (QED) is 0.238. The molecule has 1 heterocycles. The molecule has 0 saturated carbocycles. The Kier molecular flexibility index (Phi) is 9.18. The summed E-state index contributed by atoms with van der Waals surface area (Å²) in [6.07, 6.45) is -0.956. The number of aliphatic hydroxyl groups excluding tert-OH is 1. The van der Waals surface area contributed by atoms with Crippen LogP contribution in [0.2, 0.25) is 18.1 Å². The van der Waals surface area contributed by atoms with Crippen molar-refractivity contribution in [3.05, 3.63) is 83.4 Å². The summed E-state index contributed by atoms with van der Waals surface area (Å²) in [5, 5.41) is 11.5. The number of benzene rings is 3. The first kappa shape index (κ1) is 30.0. The molecule has 0 bridgehead atoms. The largest absolute Gasteiger partial charge is 0.493 e. The SMILES string of the molecule is COc1cc([C@@H](O[Si](C)(C)C(C)(C)C)[C@@H](C)[C@@H](C)[C@H](O)c2ccc3c(c2)OCO3)ccc1OCc1ccccc1. The third-order valence-corrected chi connectivity index (χ3v) is 13.0. The minimum atomic E-state index is -2.18. The number of fused-ring (bicyclic) bond motifs is 1. The lowest BCUT2D eigenvalue weighted by Gasteiger charge is -2.42. The minimum Gasteiger partial charge on any atom is -0.493 e. The summed E-state index contributed by atoms with van der Waals surface area (Å²) in [6, 6.07) is 21.8. The highest BCUT2D eigenvalue weighted by molar-refractivity contribution is 6.74. The average Bonchev–Trinajstić information content (AvgIpc) is 3.41. The molecule has 0 spiro atoms. The Morgan fingerprint density at radius 3 is 2.20 bits per heavy atom. The van der Waals surface area contributed by atoms with Gasteiger partial charge in [-0.1, -0.05) is 77.1 Å². The Labute approximate surface area is 240 Å². The fourth-order valence-corrected chi connectivity index (χ4v) is 5.99. The lowest BCUT2D eigenvalue weighted by atomic mass is 9.81. The lowest BCUT2D eigenvalue weighted by Crippen LogP contribution is -2.43. The molecular weight excluding hydrogens is 520 g/mol. The molecule has 3 aromatic carbocycles. The maximum atomic E-state index is 11.5. The number of rotatable bonds is 11. The normalized spacial score (nSPS) is 16.2. The van der Waals surface area contributed by atoms with Crippen LogP contribution in [0.1, 0.15) is 63.5 Å². The van der Waals surface area contributed by atoms with Crippen LogP contribution >= 0.6 is 0 Å². The predicted molar refractivity (Wildman–Crippen MR) is 161 cm³/mol. The van der Waals surface area contributed by atoms with E-state index >= 15 is 0 Å². The second-order valence-electron chi connectivity index (χ2n) is 12.3. The average molecular weight is 565 g/mol. The molecular formula is C33H44O6Si. The van der Waals surface area contributed by atoms with Crippen LogP contribution < -0.4 is 18.9 Å². The van der Waals surface area contributed by atoms with E-state index in [9.17, 15) is 5.11 Å². The Morgan fingerprint density at radius 2 is 1.52 bits per heavy atom. The van der Waals surface area contributed by atoms with Gasteiger partial charge in [0, 0.05) is 0 Å². The molecule has 1 aliphatic rings. The van der Waals surface area contributed by atoms with Crippen molar-refractivity contribution < 1.29 is 28.5 Å². The Balaban J connectivity index is 1.63. The van der Waals surface area contributed by atoms with Crippen molar-refractivity contribution in [3.63, 3.8) is 0 Å². The van der Waals surface area contributed by atoms with Gasteiger partial charge in [-0.05, 0) is 70.9 Å². The van der Waals surface area contributed by atoms with Crippen LogP contribution in [0, 0.1) is 11.8 Å². The van der Waals surface area contributed by atoms with Gasteiger partial charge in [0.2, 0.25) is 6.79 Å². The maximum Gasteiger partial charge on any atom is 0.231 e. The van der Waals surface area contributed by atoms with Gasteiger partial charge in [-0.25, -0.2) is 0 Å². The smallest absolute Gasteiger partial charge is 0.231 e. The van der Waals surface area contributed by atoms with Crippen molar-refractivity contribution in [2.75, 3.05) is 13.9 Å². The van der Waals surface area contributed by atoms with Gasteiger partial charge in [0.1, 0.15) is 6.61 Å². The molecule has 7 heteroatoms. The van der Waals surface area contributed by atoms with Gasteiger partial charge >= 0.3 is 0 Å². The molecule has 0 unspecified atom stereocenters. The van der Waals surface area contributed by atoms with Crippen LogP contribution in [0.25, 0.3) is 0 Å².